The summed E-state index contributed by atoms with van der Waals surface area (Å²) in [5, 5.41) is 4.34. The van der Waals surface area contributed by atoms with E-state index in [2.05, 4.69) is 26.0 Å². The second kappa shape index (κ2) is 7.58. The fraction of sp³-hybridized carbons (Fsp3) is 0.529. The number of imidazole rings is 1. The number of rotatable bonds is 6. The topological polar surface area (TPSA) is 80.1 Å². The van der Waals surface area contributed by atoms with Crippen LogP contribution in [0.5, 0.6) is 0 Å². The summed E-state index contributed by atoms with van der Waals surface area (Å²) in [6.07, 6.45) is 7.35. The monoisotopic (exact) mass is 393 g/mol. The summed E-state index contributed by atoms with van der Waals surface area (Å²) in [5.74, 6) is 1.79. The van der Waals surface area contributed by atoms with Crippen LogP contribution in [0.1, 0.15) is 25.0 Å². The lowest BCUT2D eigenvalue weighted by Gasteiger charge is -2.25. The first-order valence-electron chi connectivity index (χ1n) is 9.02. The third-order valence-electron chi connectivity index (χ3n) is 4.73. The minimum absolute atomic E-state index is 0.271. The molecule has 0 saturated carbocycles. The Balaban J connectivity index is 1.33. The maximum atomic E-state index is 12.6. The van der Waals surface area contributed by atoms with Crippen molar-refractivity contribution in [1.82, 2.24) is 18.8 Å². The van der Waals surface area contributed by atoms with Crippen molar-refractivity contribution < 1.29 is 8.42 Å². The number of anilines is 1. The van der Waals surface area contributed by atoms with Gasteiger partial charge in [0.05, 0.1) is 5.69 Å². The lowest BCUT2D eigenvalue weighted by atomic mass is 10.2. The number of aryl methyl sites for hydroxylation is 1. The highest BCUT2D eigenvalue weighted by atomic mass is 32.2. The zero-order valence-corrected chi connectivity index (χ0v) is 16.2. The van der Waals surface area contributed by atoms with Crippen LogP contribution in [0.2, 0.25) is 0 Å². The average Bonchev–Trinajstić information content (AvgIpc) is 3.25. The van der Waals surface area contributed by atoms with Gasteiger partial charge in [0.2, 0.25) is 10.0 Å². The summed E-state index contributed by atoms with van der Waals surface area (Å²) in [7, 11) is -3.41. The minimum atomic E-state index is -3.41. The molecule has 140 valence electrons. The van der Waals surface area contributed by atoms with E-state index in [1.807, 2.05) is 0 Å². The van der Waals surface area contributed by atoms with E-state index in [0.29, 0.717) is 25.5 Å². The molecule has 0 unspecified atom stereocenters. The molecular weight excluding hydrogens is 370 g/mol. The van der Waals surface area contributed by atoms with Gasteiger partial charge in [0, 0.05) is 50.7 Å². The van der Waals surface area contributed by atoms with Crippen molar-refractivity contribution in [3.05, 3.63) is 30.2 Å². The molecule has 7 nitrogen and oxygen atoms in total. The number of hydrogen-bond acceptors (Lipinski definition) is 6. The van der Waals surface area contributed by atoms with Crippen molar-refractivity contribution in [2.75, 3.05) is 30.7 Å². The van der Waals surface area contributed by atoms with E-state index in [-0.39, 0.29) is 4.90 Å². The molecule has 0 spiro atoms. The molecule has 2 aromatic heterocycles. The number of nitrogens with zero attached hydrogens (tertiary/aromatic N) is 4. The van der Waals surface area contributed by atoms with Crippen molar-refractivity contribution in [2.45, 2.75) is 42.3 Å². The summed E-state index contributed by atoms with van der Waals surface area (Å²) < 4.78 is 29.0. The van der Waals surface area contributed by atoms with Gasteiger partial charge in [-0.2, -0.15) is 4.31 Å². The van der Waals surface area contributed by atoms with Crippen LogP contribution in [-0.4, -0.2) is 52.6 Å². The molecule has 0 radical (unpaired) electrons. The number of hydrogen-bond donors (Lipinski definition) is 1. The Labute approximate surface area is 158 Å². The normalized spacial score (nSPS) is 18.0. The van der Waals surface area contributed by atoms with Crippen molar-refractivity contribution in [3.8, 4) is 0 Å². The Morgan fingerprint density at radius 2 is 2.00 bits per heavy atom. The van der Waals surface area contributed by atoms with Crippen LogP contribution >= 0.6 is 11.8 Å². The maximum absolute atomic E-state index is 12.6. The molecule has 1 saturated heterocycles. The highest BCUT2D eigenvalue weighted by Gasteiger charge is 2.26. The van der Waals surface area contributed by atoms with E-state index in [0.717, 1.165) is 48.8 Å². The molecule has 0 amide bonds. The highest BCUT2D eigenvalue weighted by Crippen LogP contribution is 2.24. The summed E-state index contributed by atoms with van der Waals surface area (Å²) >= 11 is 1.79. The highest BCUT2D eigenvalue weighted by molar-refractivity contribution is 7.99. The standard InChI is InChI=1S/C17H23N5O2S2/c23-26(24,22-8-2-1-3-9-22)15-4-5-16(19-12-15)18-7-6-14-13-21-10-11-25-17(21)20-14/h4-5,12-13H,1-3,6-11H2,(H,18,19). The van der Waals surface area contributed by atoms with Gasteiger partial charge in [0.15, 0.2) is 5.16 Å². The van der Waals surface area contributed by atoms with E-state index in [9.17, 15) is 8.42 Å². The molecule has 0 bridgehead atoms. The first kappa shape index (κ1) is 17.8. The molecule has 0 aromatic carbocycles. The Morgan fingerprint density at radius 1 is 1.15 bits per heavy atom. The fourth-order valence-electron chi connectivity index (χ4n) is 3.29. The number of thioether (sulfide) groups is 1. The maximum Gasteiger partial charge on any atom is 0.244 e. The lowest BCUT2D eigenvalue weighted by molar-refractivity contribution is 0.346. The predicted octanol–water partition coefficient (Wildman–Crippen LogP) is 2.21. The van der Waals surface area contributed by atoms with Crippen LogP contribution in [0, 0.1) is 0 Å². The fourth-order valence-corrected chi connectivity index (χ4v) is 5.72. The quantitative estimate of drug-likeness (QED) is 0.811. The smallest absolute Gasteiger partial charge is 0.244 e. The molecule has 1 fully saturated rings. The van der Waals surface area contributed by atoms with E-state index in [4.69, 9.17) is 0 Å². The number of nitrogens with one attached hydrogen (secondary N) is 1. The lowest BCUT2D eigenvalue weighted by Crippen LogP contribution is -2.35. The molecule has 2 aliphatic rings. The van der Waals surface area contributed by atoms with Crippen molar-refractivity contribution in [3.63, 3.8) is 0 Å². The third-order valence-corrected chi connectivity index (χ3v) is 7.58. The predicted molar refractivity (Wildman–Crippen MR) is 102 cm³/mol. The zero-order valence-electron chi connectivity index (χ0n) is 14.6. The number of aromatic nitrogens is 3. The Morgan fingerprint density at radius 3 is 2.73 bits per heavy atom. The molecule has 26 heavy (non-hydrogen) atoms. The molecule has 0 aliphatic carbocycles. The summed E-state index contributed by atoms with van der Waals surface area (Å²) in [6.45, 7) is 2.96. The Hall–Kier alpha value is -1.58. The molecule has 0 atom stereocenters. The Bertz CT molecular complexity index is 836. The van der Waals surface area contributed by atoms with Gasteiger partial charge in [-0.25, -0.2) is 18.4 Å². The Kier molecular flexibility index (Phi) is 5.19. The molecule has 4 rings (SSSR count). The average molecular weight is 394 g/mol. The van der Waals surface area contributed by atoms with Gasteiger partial charge >= 0.3 is 0 Å². The number of pyridine rings is 1. The van der Waals surface area contributed by atoms with Crippen LogP contribution in [-0.2, 0) is 23.0 Å². The van der Waals surface area contributed by atoms with Gasteiger partial charge in [-0.1, -0.05) is 18.2 Å². The zero-order chi connectivity index (χ0) is 18.0. The molecule has 1 N–H and O–H groups in total. The van der Waals surface area contributed by atoms with E-state index >= 15 is 0 Å². The van der Waals surface area contributed by atoms with Gasteiger partial charge in [0.25, 0.3) is 0 Å². The van der Waals surface area contributed by atoms with Gasteiger partial charge in [-0.3, -0.25) is 0 Å². The van der Waals surface area contributed by atoms with Crippen molar-refractivity contribution in [2.24, 2.45) is 0 Å². The summed E-state index contributed by atoms with van der Waals surface area (Å²) in [6, 6.07) is 3.38. The van der Waals surface area contributed by atoms with Crippen LogP contribution in [0.4, 0.5) is 5.82 Å². The second-order valence-electron chi connectivity index (χ2n) is 6.58. The summed E-state index contributed by atoms with van der Waals surface area (Å²) in [4.78, 5) is 9.15. The molecule has 9 heteroatoms. The largest absolute Gasteiger partial charge is 0.370 e. The third kappa shape index (κ3) is 3.74. The van der Waals surface area contributed by atoms with E-state index < -0.39 is 10.0 Å². The molecular formula is C17H23N5O2S2. The first-order valence-corrected chi connectivity index (χ1v) is 11.4. The van der Waals surface area contributed by atoms with Crippen LogP contribution in [0.15, 0.2) is 34.6 Å². The SMILES string of the molecule is O=S(=O)(c1ccc(NCCc2cn3c(n2)SCC3)nc1)N1CCCCC1. The van der Waals surface area contributed by atoms with Gasteiger partial charge < -0.3 is 9.88 Å². The molecule has 4 heterocycles. The van der Waals surface area contributed by atoms with Crippen LogP contribution in [0.25, 0.3) is 0 Å². The van der Waals surface area contributed by atoms with E-state index in [1.165, 1.54) is 6.20 Å². The second-order valence-corrected chi connectivity index (χ2v) is 9.58. The summed E-state index contributed by atoms with van der Waals surface area (Å²) in [5.41, 5.74) is 1.07. The van der Waals surface area contributed by atoms with Crippen LogP contribution in [0.3, 0.4) is 0 Å². The van der Waals surface area contributed by atoms with Gasteiger partial charge in [0.1, 0.15) is 10.7 Å². The van der Waals surface area contributed by atoms with Crippen LogP contribution < -0.4 is 5.32 Å². The van der Waals surface area contributed by atoms with Crippen molar-refractivity contribution in [1.29, 1.82) is 0 Å². The van der Waals surface area contributed by atoms with Gasteiger partial charge in [-0.15, -0.1) is 0 Å². The van der Waals surface area contributed by atoms with Gasteiger partial charge in [-0.05, 0) is 25.0 Å². The minimum Gasteiger partial charge on any atom is -0.370 e. The number of sulfonamides is 1. The number of fused-ring (bicyclic) bond motifs is 1. The number of piperidine rings is 1. The van der Waals surface area contributed by atoms with Crippen molar-refractivity contribution >= 4 is 27.6 Å². The first-order chi connectivity index (χ1) is 12.6. The molecule has 2 aliphatic heterocycles. The van der Waals surface area contributed by atoms with E-state index in [1.54, 1.807) is 28.2 Å². The molecule has 2 aromatic rings.